The molecule has 0 aliphatic rings. The number of carboxylic acids is 1. The first kappa shape index (κ1) is 13.0. The van der Waals surface area contributed by atoms with E-state index >= 15 is 0 Å². The molecule has 98 valence electrons. The van der Waals surface area contributed by atoms with Gasteiger partial charge in [0, 0.05) is 30.1 Å². The van der Waals surface area contributed by atoms with Crippen LogP contribution in [0.25, 0.3) is 10.9 Å². The summed E-state index contributed by atoms with van der Waals surface area (Å²) in [6.07, 6.45) is 2.19. The summed E-state index contributed by atoms with van der Waals surface area (Å²) in [5.41, 5.74) is 1.39. The molecule has 0 bridgehead atoms. The van der Waals surface area contributed by atoms with Crippen molar-refractivity contribution in [2.75, 3.05) is 6.54 Å². The van der Waals surface area contributed by atoms with Crippen LogP contribution in [0, 0.1) is 0 Å². The first-order chi connectivity index (χ1) is 9.16. The molecule has 0 aliphatic heterocycles. The van der Waals surface area contributed by atoms with Crippen molar-refractivity contribution in [3.8, 4) is 0 Å². The standard InChI is InChI=1S/C14H14N2O3/c17-13(18)4-2-8-16-14(19)11-5-6-12-10(9-11)3-1-7-15-12/h1,3,5-7,9H,2,4,8H2,(H,16,19)(H,17,18). The number of carboxylic acid groups (broad SMARTS) is 1. The van der Waals surface area contributed by atoms with Crippen LogP contribution < -0.4 is 5.32 Å². The highest BCUT2D eigenvalue weighted by molar-refractivity contribution is 5.97. The fourth-order valence-corrected chi connectivity index (χ4v) is 1.76. The molecule has 1 aromatic carbocycles. The minimum atomic E-state index is -0.856. The second-order valence-corrected chi connectivity index (χ2v) is 4.16. The highest BCUT2D eigenvalue weighted by Crippen LogP contribution is 2.13. The molecule has 2 N–H and O–H groups in total. The maximum atomic E-state index is 11.9. The van der Waals surface area contributed by atoms with Gasteiger partial charge >= 0.3 is 5.97 Å². The van der Waals surface area contributed by atoms with Gasteiger partial charge in [-0.25, -0.2) is 0 Å². The Kier molecular flexibility index (Phi) is 4.07. The van der Waals surface area contributed by atoms with Crippen molar-refractivity contribution in [1.82, 2.24) is 10.3 Å². The molecule has 0 radical (unpaired) electrons. The van der Waals surface area contributed by atoms with Gasteiger partial charge in [0.25, 0.3) is 5.91 Å². The summed E-state index contributed by atoms with van der Waals surface area (Å²) >= 11 is 0. The Hall–Kier alpha value is -2.43. The van der Waals surface area contributed by atoms with E-state index in [1.54, 1.807) is 24.4 Å². The Balaban J connectivity index is 1.99. The lowest BCUT2D eigenvalue weighted by Gasteiger charge is -2.05. The molecule has 0 fully saturated rings. The Morgan fingerprint density at radius 2 is 2.11 bits per heavy atom. The van der Waals surface area contributed by atoms with Crippen LogP contribution in [0.15, 0.2) is 36.5 Å². The van der Waals surface area contributed by atoms with Gasteiger partial charge in [-0.2, -0.15) is 0 Å². The smallest absolute Gasteiger partial charge is 0.303 e. The van der Waals surface area contributed by atoms with E-state index in [1.165, 1.54) is 0 Å². The van der Waals surface area contributed by atoms with Crippen molar-refractivity contribution < 1.29 is 14.7 Å². The molecule has 2 rings (SSSR count). The average Bonchev–Trinajstić information content (AvgIpc) is 2.42. The van der Waals surface area contributed by atoms with E-state index in [1.807, 2.05) is 12.1 Å². The molecule has 0 saturated heterocycles. The average molecular weight is 258 g/mol. The molecule has 0 saturated carbocycles. The summed E-state index contributed by atoms with van der Waals surface area (Å²) in [6.45, 7) is 0.357. The van der Waals surface area contributed by atoms with Crippen LogP contribution in [0.2, 0.25) is 0 Å². The number of nitrogens with zero attached hydrogens (tertiary/aromatic N) is 1. The van der Waals surface area contributed by atoms with Crippen LogP contribution in [0.1, 0.15) is 23.2 Å². The van der Waals surface area contributed by atoms with Crippen LogP contribution in [0.5, 0.6) is 0 Å². The highest BCUT2D eigenvalue weighted by atomic mass is 16.4. The van der Waals surface area contributed by atoms with E-state index in [9.17, 15) is 9.59 Å². The van der Waals surface area contributed by atoms with Crippen molar-refractivity contribution in [3.63, 3.8) is 0 Å². The summed E-state index contributed by atoms with van der Waals surface area (Å²) in [5, 5.41) is 12.1. The molecule has 19 heavy (non-hydrogen) atoms. The Labute approximate surface area is 110 Å². The van der Waals surface area contributed by atoms with Crippen molar-refractivity contribution in [1.29, 1.82) is 0 Å². The number of hydrogen-bond acceptors (Lipinski definition) is 3. The second-order valence-electron chi connectivity index (χ2n) is 4.16. The quantitative estimate of drug-likeness (QED) is 0.802. The summed E-state index contributed by atoms with van der Waals surface area (Å²) in [4.78, 5) is 26.4. The van der Waals surface area contributed by atoms with E-state index in [0.717, 1.165) is 10.9 Å². The molecule has 5 heteroatoms. The third-order valence-corrected chi connectivity index (χ3v) is 2.72. The summed E-state index contributed by atoms with van der Waals surface area (Å²) in [7, 11) is 0. The summed E-state index contributed by atoms with van der Waals surface area (Å²) in [5.74, 6) is -1.05. The molecule has 1 aromatic heterocycles. The number of fused-ring (bicyclic) bond motifs is 1. The van der Waals surface area contributed by atoms with Gasteiger partial charge in [-0.3, -0.25) is 14.6 Å². The number of carbonyl (C=O) groups is 2. The minimum absolute atomic E-state index is 0.0575. The second kappa shape index (κ2) is 5.95. The zero-order valence-electron chi connectivity index (χ0n) is 10.3. The zero-order valence-corrected chi connectivity index (χ0v) is 10.3. The molecular weight excluding hydrogens is 244 g/mol. The lowest BCUT2D eigenvalue weighted by molar-refractivity contribution is -0.137. The molecule has 0 spiro atoms. The molecule has 5 nitrogen and oxygen atoms in total. The Morgan fingerprint density at radius 3 is 2.89 bits per heavy atom. The van der Waals surface area contributed by atoms with Crippen molar-refractivity contribution in [2.45, 2.75) is 12.8 Å². The van der Waals surface area contributed by atoms with Gasteiger partial charge in [-0.05, 0) is 30.7 Å². The first-order valence-electron chi connectivity index (χ1n) is 6.01. The van der Waals surface area contributed by atoms with Gasteiger partial charge in [-0.1, -0.05) is 6.07 Å². The molecule has 1 heterocycles. The molecule has 0 unspecified atom stereocenters. The normalized spacial score (nSPS) is 10.3. The van der Waals surface area contributed by atoms with Gasteiger partial charge in [0.1, 0.15) is 0 Å². The van der Waals surface area contributed by atoms with E-state index in [-0.39, 0.29) is 12.3 Å². The predicted octanol–water partition coefficient (Wildman–Crippen LogP) is 1.83. The highest BCUT2D eigenvalue weighted by Gasteiger charge is 2.06. The fraction of sp³-hybridized carbons (Fsp3) is 0.214. The van der Waals surface area contributed by atoms with Crippen LogP contribution in [-0.2, 0) is 4.79 Å². The number of rotatable bonds is 5. The SMILES string of the molecule is O=C(O)CCCNC(=O)c1ccc2ncccc2c1. The van der Waals surface area contributed by atoms with Gasteiger partial charge in [0.05, 0.1) is 5.52 Å². The van der Waals surface area contributed by atoms with Gasteiger partial charge < -0.3 is 10.4 Å². The van der Waals surface area contributed by atoms with Crippen LogP contribution in [0.3, 0.4) is 0 Å². The van der Waals surface area contributed by atoms with Crippen molar-refractivity contribution in [2.24, 2.45) is 0 Å². The molecule has 0 aliphatic carbocycles. The Bertz CT molecular complexity index is 610. The number of hydrogen-bond donors (Lipinski definition) is 2. The van der Waals surface area contributed by atoms with Crippen molar-refractivity contribution >= 4 is 22.8 Å². The van der Waals surface area contributed by atoms with E-state index in [2.05, 4.69) is 10.3 Å². The maximum absolute atomic E-state index is 11.9. The lowest BCUT2D eigenvalue weighted by Crippen LogP contribution is -2.24. The third kappa shape index (κ3) is 3.51. The zero-order chi connectivity index (χ0) is 13.7. The first-order valence-corrected chi connectivity index (χ1v) is 6.01. The van der Waals surface area contributed by atoms with Crippen LogP contribution in [0.4, 0.5) is 0 Å². The fourth-order valence-electron chi connectivity index (χ4n) is 1.76. The number of aliphatic carboxylic acids is 1. The maximum Gasteiger partial charge on any atom is 0.303 e. The molecule has 1 amide bonds. The number of carbonyl (C=O) groups excluding carboxylic acids is 1. The van der Waals surface area contributed by atoms with Gasteiger partial charge in [0.2, 0.25) is 0 Å². The monoisotopic (exact) mass is 258 g/mol. The summed E-state index contributed by atoms with van der Waals surface area (Å²) in [6, 6.07) is 8.98. The molecule has 2 aromatic rings. The van der Waals surface area contributed by atoms with Crippen LogP contribution in [-0.4, -0.2) is 28.5 Å². The predicted molar refractivity (Wildman–Crippen MR) is 70.9 cm³/mol. The molecule has 0 atom stereocenters. The third-order valence-electron chi connectivity index (χ3n) is 2.72. The van der Waals surface area contributed by atoms with Crippen LogP contribution >= 0.6 is 0 Å². The number of nitrogens with one attached hydrogen (secondary N) is 1. The largest absolute Gasteiger partial charge is 0.481 e. The van der Waals surface area contributed by atoms with E-state index in [0.29, 0.717) is 18.5 Å². The van der Waals surface area contributed by atoms with E-state index in [4.69, 9.17) is 5.11 Å². The minimum Gasteiger partial charge on any atom is -0.481 e. The number of amides is 1. The lowest BCUT2D eigenvalue weighted by atomic mass is 10.1. The number of aromatic nitrogens is 1. The van der Waals surface area contributed by atoms with Gasteiger partial charge in [-0.15, -0.1) is 0 Å². The number of pyridine rings is 1. The summed E-state index contributed by atoms with van der Waals surface area (Å²) < 4.78 is 0. The topological polar surface area (TPSA) is 79.3 Å². The van der Waals surface area contributed by atoms with Crippen molar-refractivity contribution in [3.05, 3.63) is 42.1 Å². The van der Waals surface area contributed by atoms with Gasteiger partial charge in [0.15, 0.2) is 0 Å². The number of benzene rings is 1. The van der Waals surface area contributed by atoms with E-state index < -0.39 is 5.97 Å². The molecular formula is C14H14N2O3. The Morgan fingerprint density at radius 1 is 1.26 bits per heavy atom.